The van der Waals surface area contributed by atoms with E-state index in [0.717, 1.165) is 44.8 Å². The number of benzene rings is 1. The van der Waals surface area contributed by atoms with Crippen LogP contribution in [-0.2, 0) is 6.42 Å². The summed E-state index contributed by atoms with van der Waals surface area (Å²) in [6, 6.07) is 6.49. The predicted molar refractivity (Wildman–Crippen MR) is 84.2 cm³/mol. The maximum atomic E-state index is 6.08. The van der Waals surface area contributed by atoms with E-state index in [1.807, 2.05) is 0 Å². The van der Waals surface area contributed by atoms with Gasteiger partial charge in [-0.1, -0.05) is 31.5 Å². The Kier molecular flexibility index (Phi) is 5.44. The first-order valence-electron chi connectivity index (χ1n) is 7.77. The first-order valence-corrected chi connectivity index (χ1v) is 7.77. The molecule has 3 nitrogen and oxygen atoms in total. The molecular formula is C17H28N2O. The van der Waals surface area contributed by atoms with Gasteiger partial charge in [-0.3, -0.25) is 4.90 Å². The Morgan fingerprint density at radius 1 is 1.40 bits per heavy atom. The molecule has 2 rings (SSSR count). The van der Waals surface area contributed by atoms with Crippen molar-refractivity contribution in [2.45, 2.75) is 39.7 Å². The van der Waals surface area contributed by atoms with Crippen LogP contribution in [0.1, 0.15) is 31.4 Å². The van der Waals surface area contributed by atoms with E-state index in [9.17, 15) is 0 Å². The number of rotatable bonds is 7. The molecule has 0 saturated heterocycles. The summed E-state index contributed by atoms with van der Waals surface area (Å²) in [5.41, 5.74) is 8.32. The Hall–Kier alpha value is -1.06. The summed E-state index contributed by atoms with van der Waals surface area (Å²) >= 11 is 0. The third-order valence-electron chi connectivity index (χ3n) is 3.72. The Labute approximate surface area is 123 Å². The Balaban J connectivity index is 1.92. The second-order valence-corrected chi connectivity index (χ2v) is 6.35. The van der Waals surface area contributed by atoms with Crippen molar-refractivity contribution in [3.05, 3.63) is 29.3 Å². The molecule has 0 saturated carbocycles. The van der Waals surface area contributed by atoms with Crippen LogP contribution in [0.25, 0.3) is 0 Å². The zero-order valence-electron chi connectivity index (χ0n) is 13.1. The average Bonchev–Trinajstić information content (AvgIpc) is 2.76. The SMILES string of the molecule is Cc1ccc2c(c1)CC(CN(CCCN)CC(C)C)O2. The summed E-state index contributed by atoms with van der Waals surface area (Å²) in [7, 11) is 0. The molecule has 0 fully saturated rings. The highest BCUT2D eigenvalue weighted by molar-refractivity contribution is 5.40. The van der Waals surface area contributed by atoms with Crippen molar-refractivity contribution < 1.29 is 4.74 Å². The molecule has 1 aliphatic rings. The molecule has 1 heterocycles. The molecule has 0 bridgehead atoms. The minimum atomic E-state index is 0.295. The minimum Gasteiger partial charge on any atom is -0.488 e. The fraction of sp³-hybridized carbons (Fsp3) is 0.647. The summed E-state index contributed by atoms with van der Waals surface area (Å²) in [5, 5.41) is 0. The van der Waals surface area contributed by atoms with E-state index >= 15 is 0 Å². The monoisotopic (exact) mass is 276 g/mol. The molecule has 0 radical (unpaired) electrons. The number of aryl methyl sites for hydroxylation is 1. The van der Waals surface area contributed by atoms with Gasteiger partial charge in [-0.15, -0.1) is 0 Å². The molecular weight excluding hydrogens is 248 g/mol. The summed E-state index contributed by atoms with van der Waals surface area (Å²) in [4.78, 5) is 2.50. The molecule has 1 aliphatic heterocycles. The second-order valence-electron chi connectivity index (χ2n) is 6.35. The molecule has 0 spiro atoms. The van der Waals surface area contributed by atoms with Crippen LogP contribution in [0.4, 0.5) is 0 Å². The Bertz CT molecular complexity index is 431. The van der Waals surface area contributed by atoms with Gasteiger partial charge in [-0.2, -0.15) is 0 Å². The van der Waals surface area contributed by atoms with Crippen molar-refractivity contribution >= 4 is 0 Å². The van der Waals surface area contributed by atoms with Gasteiger partial charge >= 0.3 is 0 Å². The fourth-order valence-corrected chi connectivity index (χ4v) is 2.93. The van der Waals surface area contributed by atoms with Gasteiger partial charge in [-0.25, -0.2) is 0 Å². The first kappa shape index (κ1) is 15.3. The summed E-state index contributed by atoms with van der Waals surface area (Å²) < 4.78 is 6.08. The zero-order valence-corrected chi connectivity index (χ0v) is 13.1. The number of fused-ring (bicyclic) bond motifs is 1. The van der Waals surface area contributed by atoms with Crippen LogP contribution in [0.2, 0.25) is 0 Å². The second kappa shape index (κ2) is 7.09. The molecule has 2 N–H and O–H groups in total. The largest absolute Gasteiger partial charge is 0.488 e. The van der Waals surface area contributed by atoms with E-state index in [0.29, 0.717) is 12.0 Å². The van der Waals surface area contributed by atoms with Crippen molar-refractivity contribution in [1.82, 2.24) is 4.90 Å². The average molecular weight is 276 g/mol. The third-order valence-corrected chi connectivity index (χ3v) is 3.72. The molecule has 0 amide bonds. The highest BCUT2D eigenvalue weighted by atomic mass is 16.5. The predicted octanol–water partition coefficient (Wildman–Crippen LogP) is 2.61. The maximum Gasteiger partial charge on any atom is 0.123 e. The number of hydrogen-bond donors (Lipinski definition) is 1. The number of hydrogen-bond acceptors (Lipinski definition) is 3. The van der Waals surface area contributed by atoms with Gasteiger partial charge in [0.15, 0.2) is 0 Å². The fourth-order valence-electron chi connectivity index (χ4n) is 2.93. The van der Waals surface area contributed by atoms with Crippen molar-refractivity contribution in [3.8, 4) is 5.75 Å². The van der Waals surface area contributed by atoms with Gasteiger partial charge < -0.3 is 10.5 Å². The third kappa shape index (κ3) is 4.22. The van der Waals surface area contributed by atoms with Crippen molar-refractivity contribution in [2.24, 2.45) is 11.7 Å². The molecule has 0 aliphatic carbocycles. The van der Waals surface area contributed by atoms with Crippen LogP contribution >= 0.6 is 0 Å². The molecule has 20 heavy (non-hydrogen) atoms. The first-order chi connectivity index (χ1) is 9.58. The molecule has 112 valence electrons. The van der Waals surface area contributed by atoms with Crippen LogP contribution < -0.4 is 10.5 Å². The van der Waals surface area contributed by atoms with Crippen LogP contribution in [0.3, 0.4) is 0 Å². The summed E-state index contributed by atoms with van der Waals surface area (Å²) in [5.74, 6) is 1.75. The van der Waals surface area contributed by atoms with E-state index in [1.165, 1.54) is 11.1 Å². The zero-order chi connectivity index (χ0) is 14.5. The molecule has 1 unspecified atom stereocenters. The number of nitrogens with zero attached hydrogens (tertiary/aromatic N) is 1. The van der Waals surface area contributed by atoms with Crippen LogP contribution in [-0.4, -0.2) is 37.2 Å². The smallest absolute Gasteiger partial charge is 0.123 e. The van der Waals surface area contributed by atoms with Crippen molar-refractivity contribution in [2.75, 3.05) is 26.2 Å². The maximum absolute atomic E-state index is 6.08. The van der Waals surface area contributed by atoms with E-state index in [4.69, 9.17) is 10.5 Å². The Morgan fingerprint density at radius 3 is 2.90 bits per heavy atom. The van der Waals surface area contributed by atoms with E-state index in [1.54, 1.807) is 0 Å². The van der Waals surface area contributed by atoms with Gasteiger partial charge in [0, 0.05) is 19.5 Å². The van der Waals surface area contributed by atoms with Crippen LogP contribution in [0.5, 0.6) is 5.75 Å². The lowest BCUT2D eigenvalue weighted by Crippen LogP contribution is -2.38. The van der Waals surface area contributed by atoms with Crippen molar-refractivity contribution in [3.63, 3.8) is 0 Å². The standard InChI is InChI=1S/C17H28N2O/c1-13(2)11-19(8-4-7-18)12-16-10-15-9-14(3)5-6-17(15)20-16/h5-6,9,13,16H,4,7-8,10-12,18H2,1-3H3. The quantitative estimate of drug-likeness (QED) is 0.832. The van der Waals surface area contributed by atoms with Gasteiger partial charge in [-0.05, 0) is 44.0 Å². The van der Waals surface area contributed by atoms with Crippen LogP contribution in [0.15, 0.2) is 18.2 Å². The number of nitrogens with two attached hydrogens (primary N) is 1. The molecule has 1 aromatic rings. The lowest BCUT2D eigenvalue weighted by molar-refractivity contribution is 0.140. The molecule has 1 atom stereocenters. The highest BCUT2D eigenvalue weighted by Gasteiger charge is 2.25. The highest BCUT2D eigenvalue weighted by Crippen LogP contribution is 2.29. The van der Waals surface area contributed by atoms with E-state index < -0.39 is 0 Å². The molecule has 1 aromatic carbocycles. The van der Waals surface area contributed by atoms with E-state index in [-0.39, 0.29) is 0 Å². The molecule has 0 aromatic heterocycles. The lowest BCUT2D eigenvalue weighted by Gasteiger charge is -2.26. The van der Waals surface area contributed by atoms with E-state index in [2.05, 4.69) is 43.9 Å². The van der Waals surface area contributed by atoms with Gasteiger partial charge in [0.05, 0.1) is 0 Å². The summed E-state index contributed by atoms with van der Waals surface area (Å²) in [6.45, 7) is 10.6. The topological polar surface area (TPSA) is 38.5 Å². The normalized spacial score (nSPS) is 17.6. The number of ether oxygens (including phenoxy) is 1. The molecule has 3 heteroatoms. The van der Waals surface area contributed by atoms with Gasteiger partial charge in [0.2, 0.25) is 0 Å². The van der Waals surface area contributed by atoms with Crippen LogP contribution in [0, 0.1) is 12.8 Å². The lowest BCUT2D eigenvalue weighted by atomic mass is 10.1. The Morgan fingerprint density at radius 2 is 2.20 bits per heavy atom. The summed E-state index contributed by atoms with van der Waals surface area (Å²) in [6.07, 6.45) is 2.39. The minimum absolute atomic E-state index is 0.295. The van der Waals surface area contributed by atoms with Gasteiger partial charge in [0.25, 0.3) is 0 Å². The van der Waals surface area contributed by atoms with Gasteiger partial charge in [0.1, 0.15) is 11.9 Å². The van der Waals surface area contributed by atoms with Crippen molar-refractivity contribution in [1.29, 1.82) is 0 Å².